The summed E-state index contributed by atoms with van der Waals surface area (Å²) in [5.41, 5.74) is 2.07. The molecular weight excluding hydrogens is 290 g/mol. The molecule has 0 saturated carbocycles. The van der Waals surface area contributed by atoms with Gasteiger partial charge in [0.1, 0.15) is 0 Å². The predicted molar refractivity (Wildman–Crippen MR) is 88.4 cm³/mol. The van der Waals surface area contributed by atoms with Gasteiger partial charge in [-0.25, -0.2) is 0 Å². The van der Waals surface area contributed by atoms with E-state index in [1.54, 1.807) is 11.8 Å². The lowest BCUT2D eigenvalue weighted by molar-refractivity contribution is -0.158. The van der Waals surface area contributed by atoms with Crippen LogP contribution in [0.4, 0.5) is 0 Å². The van der Waals surface area contributed by atoms with Crippen molar-refractivity contribution >= 4 is 11.9 Å². The molecule has 0 aliphatic carbocycles. The first-order valence-corrected chi connectivity index (χ1v) is 7.60. The predicted octanol–water partition coefficient (Wildman–Crippen LogP) is 3.17. The van der Waals surface area contributed by atoms with Crippen LogP contribution >= 0.6 is 0 Å². The Kier molecular flexibility index (Phi) is 5.92. The van der Waals surface area contributed by atoms with Gasteiger partial charge in [-0.3, -0.25) is 9.59 Å². The van der Waals surface area contributed by atoms with Crippen LogP contribution in [0.5, 0.6) is 0 Å². The topological polar surface area (TPSA) is 46.6 Å². The van der Waals surface area contributed by atoms with Crippen LogP contribution in [0, 0.1) is 0 Å². The minimum Gasteiger partial charge on any atom is -0.453 e. The number of esters is 1. The van der Waals surface area contributed by atoms with E-state index in [0.29, 0.717) is 13.1 Å². The molecule has 1 atom stereocenters. The summed E-state index contributed by atoms with van der Waals surface area (Å²) < 4.78 is 5.04. The van der Waals surface area contributed by atoms with Crippen molar-refractivity contribution in [3.63, 3.8) is 0 Å². The summed E-state index contributed by atoms with van der Waals surface area (Å²) >= 11 is 0. The van der Waals surface area contributed by atoms with Crippen molar-refractivity contribution in [2.45, 2.75) is 33.0 Å². The van der Waals surface area contributed by atoms with Gasteiger partial charge in [0.05, 0.1) is 0 Å². The normalized spacial score (nSPS) is 11.6. The molecule has 0 aromatic heterocycles. The number of amides is 1. The second-order valence-electron chi connectivity index (χ2n) is 5.42. The Hall–Kier alpha value is -2.62. The Bertz CT molecular complexity index is 599. The highest BCUT2D eigenvalue weighted by Crippen LogP contribution is 2.12. The third-order valence-electron chi connectivity index (χ3n) is 3.43. The number of hydrogen-bond donors (Lipinski definition) is 0. The van der Waals surface area contributed by atoms with Gasteiger partial charge in [-0.2, -0.15) is 0 Å². The zero-order chi connectivity index (χ0) is 16.7. The molecule has 2 aromatic carbocycles. The molecule has 4 heteroatoms. The molecule has 0 aliphatic rings. The standard InChI is InChI=1S/C19H21NO3/c1-15(23-16(2)21)19(22)20(13-17-9-5-3-6-10-17)14-18-11-7-4-8-12-18/h3-12,15H,13-14H2,1-2H3/t15-/m0/s1. The van der Waals surface area contributed by atoms with Gasteiger partial charge in [0.2, 0.25) is 0 Å². The highest BCUT2D eigenvalue weighted by atomic mass is 16.5. The quantitative estimate of drug-likeness (QED) is 0.770. The van der Waals surface area contributed by atoms with Crippen molar-refractivity contribution in [3.8, 4) is 0 Å². The van der Waals surface area contributed by atoms with E-state index in [1.807, 2.05) is 60.7 Å². The van der Waals surface area contributed by atoms with E-state index >= 15 is 0 Å². The van der Waals surface area contributed by atoms with Crippen LogP contribution in [-0.2, 0) is 27.4 Å². The molecule has 2 rings (SSSR count). The van der Waals surface area contributed by atoms with Crippen LogP contribution in [0.2, 0.25) is 0 Å². The summed E-state index contributed by atoms with van der Waals surface area (Å²) in [6.07, 6.45) is -0.792. The lowest BCUT2D eigenvalue weighted by Crippen LogP contribution is -2.39. The Morgan fingerprint density at radius 1 is 0.913 bits per heavy atom. The Morgan fingerprint density at radius 2 is 1.35 bits per heavy atom. The molecule has 2 aromatic rings. The van der Waals surface area contributed by atoms with Gasteiger partial charge in [-0.15, -0.1) is 0 Å². The van der Waals surface area contributed by atoms with Gasteiger partial charge < -0.3 is 9.64 Å². The highest BCUT2D eigenvalue weighted by molar-refractivity contribution is 5.83. The highest BCUT2D eigenvalue weighted by Gasteiger charge is 2.23. The first-order chi connectivity index (χ1) is 11.1. The van der Waals surface area contributed by atoms with Gasteiger partial charge in [-0.1, -0.05) is 60.7 Å². The van der Waals surface area contributed by atoms with E-state index in [1.165, 1.54) is 6.92 Å². The van der Waals surface area contributed by atoms with Crippen LogP contribution in [0.3, 0.4) is 0 Å². The average molecular weight is 311 g/mol. The Morgan fingerprint density at radius 3 is 1.74 bits per heavy atom. The summed E-state index contributed by atoms with van der Waals surface area (Å²) in [4.78, 5) is 25.4. The molecule has 0 saturated heterocycles. The summed E-state index contributed by atoms with van der Waals surface area (Å²) in [6.45, 7) is 3.86. The summed E-state index contributed by atoms with van der Waals surface area (Å²) in [5, 5.41) is 0. The molecule has 0 aliphatic heterocycles. The van der Waals surface area contributed by atoms with Crippen LogP contribution in [0.15, 0.2) is 60.7 Å². The molecule has 4 nitrogen and oxygen atoms in total. The molecule has 0 spiro atoms. The van der Waals surface area contributed by atoms with Crippen molar-refractivity contribution in [2.75, 3.05) is 0 Å². The fraction of sp³-hybridized carbons (Fsp3) is 0.263. The third-order valence-corrected chi connectivity index (χ3v) is 3.43. The second-order valence-corrected chi connectivity index (χ2v) is 5.42. The number of carbonyl (C=O) groups excluding carboxylic acids is 2. The van der Waals surface area contributed by atoms with Gasteiger partial charge >= 0.3 is 5.97 Å². The summed E-state index contributed by atoms with van der Waals surface area (Å²) in [7, 11) is 0. The fourth-order valence-corrected chi connectivity index (χ4v) is 2.38. The van der Waals surface area contributed by atoms with Gasteiger partial charge in [-0.05, 0) is 18.1 Å². The first-order valence-electron chi connectivity index (χ1n) is 7.60. The summed E-state index contributed by atoms with van der Waals surface area (Å²) in [5.74, 6) is -0.655. The van der Waals surface area contributed by atoms with Gasteiger partial charge in [0, 0.05) is 20.0 Å². The SMILES string of the molecule is CC(=O)O[C@@H](C)C(=O)N(Cc1ccccc1)Cc1ccccc1. The van der Waals surface area contributed by atoms with E-state index in [2.05, 4.69) is 0 Å². The Balaban J connectivity index is 2.16. The summed E-state index contributed by atoms with van der Waals surface area (Å²) in [6, 6.07) is 19.5. The van der Waals surface area contributed by atoms with E-state index < -0.39 is 12.1 Å². The Labute approximate surface area is 136 Å². The molecule has 120 valence electrons. The maximum Gasteiger partial charge on any atom is 0.303 e. The molecule has 0 fully saturated rings. The number of ether oxygens (including phenoxy) is 1. The number of benzene rings is 2. The van der Waals surface area contributed by atoms with Crippen molar-refractivity contribution in [1.82, 2.24) is 4.90 Å². The van der Waals surface area contributed by atoms with Crippen LogP contribution in [-0.4, -0.2) is 22.9 Å². The van der Waals surface area contributed by atoms with Crippen molar-refractivity contribution < 1.29 is 14.3 Å². The molecule has 0 bridgehead atoms. The van der Waals surface area contributed by atoms with E-state index in [0.717, 1.165) is 11.1 Å². The molecular formula is C19H21NO3. The number of hydrogen-bond acceptors (Lipinski definition) is 3. The minimum atomic E-state index is -0.792. The number of carbonyl (C=O) groups is 2. The van der Waals surface area contributed by atoms with Crippen molar-refractivity contribution in [1.29, 1.82) is 0 Å². The van der Waals surface area contributed by atoms with E-state index in [-0.39, 0.29) is 5.91 Å². The van der Waals surface area contributed by atoms with E-state index in [9.17, 15) is 9.59 Å². The fourth-order valence-electron chi connectivity index (χ4n) is 2.38. The molecule has 0 unspecified atom stereocenters. The van der Waals surface area contributed by atoms with Gasteiger partial charge in [0.25, 0.3) is 5.91 Å². The number of rotatable bonds is 6. The zero-order valence-corrected chi connectivity index (χ0v) is 13.4. The lowest BCUT2D eigenvalue weighted by Gasteiger charge is -2.26. The first kappa shape index (κ1) is 16.7. The van der Waals surface area contributed by atoms with Gasteiger partial charge in [0.15, 0.2) is 6.10 Å². The largest absolute Gasteiger partial charge is 0.453 e. The van der Waals surface area contributed by atoms with E-state index in [4.69, 9.17) is 4.74 Å². The second kappa shape index (κ2) is 8.13. The lowest BCUT2D eigenvalue weighted by atomic mass is 10.1. The molecule has 1 amide bonds. The van der Waals surface area contributed by atoms with Crippen molar-refractivity contribution in [3.05, 3.63) is 71.8 Å². The monoisotopic (exact) mass is 311 g/mol. The molecule has 0 heterocycles. The van der Waals surface area contributed by atoms with Crippen LogP contribution in [0.25, 0.3) is 0 Å². The van der Waals surface area contributed by atoms with Crippen LogP contribution < -0.4 is 0 Å². The zero-order valence-electron chi connectivity index (χ0n) is 13.4. The van der Waals surface area contributed by atoms with Crippen LogP contribution in [0.1, 0.15) is 25.0 Å². The smallest absolute Gasteiger partial charge is 0.303 e. The molecule has 23 heavy (non-hydrogen) atoms. The maximum atomic E-state index is 12.6. The number of nitrogens with zero attached hydrogens (tertiary/aromatic N) is 1. The average Bonchev–Trinajstić information content (AvgIpc) is 2.55. The third kappa shape index (κ3) is 5.25. The molecule has 0 N–H and O–H groups in total. The maximum absolute atomic E-state index is 12.6. The molecule has 0 radical (unpaired) electrons. The van der Waals surface area contributed by atoms with Crippen molar-refractivity contribution in [2.24, 2.45) is 0 Å². The minimum absolute atomic E-state index is 0.201.